The van der Waals surface area contributed by atoms with Gasteiger partial charge < -0.3 is 20.1 Å². The molecule has 0 aliphatic carbocycles. The number of amides is 2. The van der Waals surface area contributed by atoms with E-state index >= 15 is 0 Å². The average Bonchev–Trinajstić information content (AvgIpc) is 2.53. The number of aryl methyl sites for hydroxylation is 1. The zero-order valence-corrected chi connectivity index (χ0v) is 16.2. The van der Waals surface area contributed by atoms with Crippen LogP contribution in [0.3, 0.4) is 0 Å². The molecule has 1 heterocycles. The molecule has 1 aromatic rings. The molecule has 1 fully saturated rings. The minimum Gasteiger partial charge on any atom is -0.507 e. The fourth-order valence-electron chi connectivity index (χ4n) is 3.11. The van der Waals surface area contributed by atoms with E-state index in [9.17, 15) is 14.7 Å². The number of aromatic hydroxyl groups is 1. The SMILES string of the molecule is Cc1ccc(C(=O)NCCC2CCCN(C(=O)OC(C)(C)C)C2)c(O)c1. The lowest BCUT2D eigenvalue weighted by molar-refractivity contribution is 0.0161. The molecular weight excluding hydrogens is 332 g/mol. The zero-order chi connectivity index (χ0) is 19.3. The highest BCUT2D eigenvalue weighted by Crippen LogP contribution is 2.22. The van der Waals surface area contributed by atoms with Gasteiger partial charge in [0.05, 0.1) is 5.56 Å². The van der Waals surface area contributed by atoms with E-state index in [-0.39, 0.29) is 23.3 Å². The van der Waals surface area contributed by atoms with E-state index in [1.54, 1.807) is 23.1 Å². The molecule has 0 radical (unpaired) electrons. The van der Waals surface area contributed by atoms with Crippen molar-refractivity contribution < 1.29 is 19.4 Å². The van der Waals surface area contributed by atoms with Gasteiger partial charge in [0, 0.05) is 19.6 Å². The zero-order valence-electron chi connectivity index (χ0n) is 16.2. The second-order valence-corrected chi connectivity index (χ2v) is 8.00. The molecule has 1 unspecified atom stereocenters. The topological polar surface area (TPSA) is 78.9 Å². The molecule has 0 bridgehead atoms. The van der Waals surface area contributed by atoms with Gasteiger partial charge in [-0.3, -0.25) is 4.79 Å². The summed E-state index contributed by atoms with van der Waals surface area (Å²) in [5.74, 6) is 0.0572. The van der Waals surface area contributed by atoms with Crippen LogP contribution in [0.5, 0.6) is 5.75 Å². The van der Waals surface area contributed by atoms with Crippen LogP contribution in [0.2, 0.25) is 0 Å². The first-order valence-electron chi connectivity index (χ1n) is 9.21. The fourth-order valence-corrected chi connectivity index (χ4v) is 3.11. The molecule has 26 heavy (non-hydrogen) atoms. The number of hydrogen-bond donors (Lipinski definition) is 2. The lowest BCUT2D eigenvalue weighted by Gasteiger charge is -2.34. The molecule has 1 saturated heterocycles. The van der Waals surface area contributed by atoms with Gasteiger partial charge in [-0.05, 0) is 70.6 Å². The van der Waals surface area contributed by atoms with Gasteiger partial charge in [-0.15, -0.1) is 0 Å². The third kappa shape index (κ3) is 5.93. The lowest BCUT2D eigenvalue weighted by Crippen LogP contribution is -2.43. The Morgan fingerprint density at radius 2 is 2.08 bits per heavy atom. The van der Waals surface area contributed by atoms with Crippen LogP contribution in [-0.2, 0) is 4.74 Å². The predicted octanol–water partition coefficient (Wildman–Crippen LogP) is 3.47. The fraction of sp³-hybridized carbons (Fsp3) is 0.600. The highest BCUT2D eigenvalue weighted by molar-refractivity contribution is 5.96. The molecule has 0 saturated carbocycles. The Kier molecular flexibility index (Phi) is 6.51. The first-order valence-corrected chi connectivity index (χ1v) is 9.21. The molecule has 2 amide bonds. The minimum atomic E-state index is -0.492. The molecule has 2 rings (SSSR count). The van der Waals surface area contributed by atoms with Crippen molar-refractivity contribution in [1.29, 1.82) is 0 Å². The number of phenols is 1. The van der Waals surface area contributed by atoms with Crippen LogP contribution in [0.4, 0.5) is 4.79 Å². The minimum absolute atomic E-state index is 0.00346. The normalized spacial score (nSPS) is 17.7. The summed E-state index contributed by atoms with van der Waals surface area (Å²) in [4.78, 5) is 26.1. The number of rotatable bonds is 4. The van der Waals surface area contributed by atoms with Crippen LogP contribution >= 0.6 is 0 Å². The summed E-state index contributed by atoms with van der Waals surface area (Å²) in [5.41, 5.74) is 0.701. The maximum Gasteiger partial charge on any atom is 0.410 e. The van der Waals surface area contributed by atoms with Crippen molar-refractivity contribution in [3.05, 3.63) is 29.3 Å². The van der Waals surface area contributed by atoms with Gasteiger partial charge in [0.15, 0.2) is 0 Å². The van der Waals surface area contributed by atoms with Gasteiger partial charge in [0.2, 0.25) is 0 Å². The molecule has 6 nitrogen and oxygen atoms in total. The molecule has 1 atom stereocenters. The standard InChI is InChI=1S/C20H30N2O4/c1-14-7-8-16(17(23)12-14)18(24)21-10-9-15-6-5-11-22(13-15)19(25)26-20(2,3)4/h7-8,12,15,23H,5-6,9-11,13H2,1-4H3,(H,21,24). The van der Waals surface area contributed by atoms with Crippen molar-refractivity contribution in [3.63, 3.8) is 0 Å². The van der Waals surface area contributed by atoms with Gasteiger partial charge in [-0.25, -0.2) is 4.79 Å². The second-order valence-electron chi connectivity index (χ2n) is 8.00. The summed E-state index contributed by atoms with van der Waals surface area (Å²) < 4.78 is 5.44. The average molecular weight is 362 g/mol. The quantitative estimate of drug-likeness (QED) is 0.860. The maximum absolute atomic E-state index is 12.2. The van der Waals surface area contributed by atoms with Crippen molar-refractivity contribution >= 4 is 12.0 Å². The van der Waals surface area contributed by atoms with Crippen LogP contribution in [0.25, 0.3) is 0 Å². The summed E-state index contributed by atoms with van der Waals surface area (Å²) in [5, 5.41) is 12.7. The highest BCUT2D eigenvalue weighted by atomic mass is 16.6. The Morgan fingerprint density at radius 3 is 2.73 bits per heavy atom. The van der Waals surface area contributed by atoms with Gasteiger partial charge in [0.1, 0.15) is 11.4 Å². The second kappa shape index (κ2) is 8.43. The summed E-state index contributed by atoms with van der Waals surface area (Å²) in [6, 6.07) is 5.01. The molecule has 1 aliphatic rings. The monoisotopic (exact) mass is 362 g/mol. The van der Waals surface area contributed by atoms with Gasteiger partial charge >= 0.3 is 6.09 Å². The number of piperidine rings is 1. The number of benzene rings is 1. The third-order valence-corrected chi connectivity index (χ3v) is 4.41. The summed E-state index contributed by atoms with van der Waals surface area (Å²) >= 11 is 0. The maximum atomic E-state index is 12.2. The van der Waals surface area contributed by atoms with E-state index in [0.29, 0.717) is 19.0 Å². The molecule has 0 aromatic heterocycles. The Hall–Kier alpha value is -2.24. The van der Waals surface area contributed by atoms with Crippen molar-refractivity contribution in [2.24, 2.45) is 5.92 Å². The Balaban J connectivity index is 1.80. The van der Waals surface area contributed by atoms with Gasteiger partial charge in [-0.2, -0.15) is 0 Å². The van der Waals surface area contributed by atoms with Crippen LogP contribution < -0.4 is 5.32 Å². The van der Waals surface area contributed by atoms with Crippen LogP contribution in [0.1, 0.15) is 56.0 Å². The number of carbonyl (C=O) groups excluding carboxylic acids is 2. The molecule has 144 valence electrons. The van der Waals surface area contributed by atoms with E-state index in [1.165, 1.54) is 0 Å². The smallest absolute Gasteiger partial charge is 0.410 e. The number of nitrogens with one attached hydrogen (secondary N) is 1. The highest BCUT2D eigenvalue weighted by Gasteiger charge is 2.27. The number of likely N-dealkylation sites (tertiary alicyclic amines) is 1. The van der Waals surface area contributed by atoms with E-state index < -0.39 is 5.60 Å². The van der Waals surface area contributed by atoms with Crippen LogP contribution in [-0.4, -0.2) is 47.2 Å². The number of ether oxygens (including phenoxy) is 1. The molecule has 2 N–H and O–H groups in total. The van der Waals surface area contributed by atoms with Crippen LogP contribution in [0, 0.1) is 12.8 Å². The van der Waals surface area contributed by atoms with Crippen molar-refractivity contribution in [2.75, 3.05) is 19.6 Å². The van der Waals surface area contributed by atoms with Crippen molar-refractivity contribution in [3.8, 4) is 5.75 Å². The van der Waals surface area contributed by atoms with Crippen molar-refractivity contribution in [1.82, 2.24) is 10.2 Å². The first-order chi connectivity index (χ1) is 12.2. The van der Waals surface area contributed by atoms with Crippen LogP contribution in [0.15, 0.2) is 18.2 Å². The Bertz CT molecular complexity index is 652. The lowest BCUT2D eigenvalue weighted by atomic mass is 9.95. The number of carbonyl (C=O) groups is 2. The predicted molar refractivity (Wildman–Crippen MR) is 100 cm³/mol. The van der Waals surface area contributed by atoms with Gasteiger partial charge in [0.25, 0.3) is 5.91 Å². The van der Waals surface area contributed by atoms with E-state index in [0.717, 1.165) is 31.4 Å². The molecular formula is C20H30N2O4. The Morgan fingerprint density at radius 1 is 1.35 bits per heavy atom. The summed E-state index contributed by atoms with van der Waals surface area (Å²) in [7, 11) is 0. The number of nitrogens with zero attached hydrogens (tertiary/aromatic N) is 1. The third-order valence-electron chi connectivity index (χ3n) is 4.41. The van der Waals surface area contributed by atoms with E-state index in [1.807, 2.05) is 27.7 Å². The Labute approximate surface area is 155 Å². The van der Waals surface area contributed by atoms with Crippen molar-refractivity contribution in [2.45, 2.75) is 52.6 Å². The molecule has 0 spiro atoms. The van der Waals surface area contributed by atoms with E-state index in [2.05, 4.69) is 5.32 Å². The van der Waals surface area contributed by atoms with Gasteiger partial charge in [-0.1, -0.05) is 6.07 Å². The number of hydrogen-bond acceptors (Lipinski definition) is 4. The summed E-state index contributed by atoms with van der Waals surface area (Å²) in [6.45, 7) is 9.34. The van der Waals surface area contributed by atoms with E-state index in [4.69, 9.17) is 4.74 Å². The largest absolute Gasteiger partial charge is 0.507 e. The molecule has 1 aromatic carbocycles. The number of phenolic OH excluding ortho intramolecular Hbond substituents is 1. The molecule has 1 aliphatic heterocycles. The first kappa shape index (κ1) is 20.1. The molecule has 6 heteroatoms. The summed E-state index contributed by atoms with van der Waals surface area (Å²) in [6.07, 6.45) is 2.50.